The maximum atomic E-state index is 2.36. The molecule has 1 aliphatic rings. The first-order valence-corrected chi connectivity index (χ1v) is 4.83. The monoisotopic (exact) mass is 142 g/mol. The van der Waals surface area contributed by atoms with E-state index in [1.807, 2.05) is 13.8 Å². The Morgan fingerprint density at radius 3 is 2.10 bits per heavy atom. The van der Waals surface area contributed by atoms with Crippen LogP contribution in [0, 0.1) is 11.8 Å². The van der Waals surface area contributed by atoms with Crippen LogP contribution in [0.5, 0.6) is 0 Å². The lowest BCUT2D eigenvalue weighted by molar-refractivity contribution is 0.482. The molecular formula is C10H22. The lowest BCUT2D eigenvalue weighted by Gasteiger charge is -2.04. The highest BCUT2D eigenvalue weighted by atomic mass is 14.3. The maximum Gasteiger partial charge on any atom is -0.0412 e. The highest BCUT2D eigenvalue weighted by Gasteiger charge is 2.22. The minimum absolute atomic E-state index is 0.988. The Bertz CT molecular complexity index is 62.4. The zero-order chi connectivity index (χ0) is 7.98. The summed E-state index contributed by atoms with van der Waals surface area (Å²) in [5.74, 6) is 2.12. The van der Waals surface area contributed by atoms with E-state index in [4.69, 9.17) is 0 Å². The number of hydrogen-bond donors (Lipinski definition) is 0. The van der Waals surface area contributed by atoms with Crippen LogP contribution in [0.2, 0.25) is 0 Å². The van der Waals surface area contributed by atoms with E-state index in [-0.39, 0.29) is 0 Å². The van der Waals surface area contributed by atoms with Gasteiger partial charge in [-0.25, -0.2) is 0 Å². The third-order valence-corrected chi connectivity index (χ3v) is 2.13. The first-order valence-electron chi connectivity index (χ1n) is 4.83. The average molecular weight is 142 g/mol. The molecule has 0 heteroatoms. The van der Waals surface area contributed by atoms with Gasteiger partial charge in [-0.1, -0.05) is 47.0 Å². The van der Waals surface area contributed by atoms with Crippen molar-refractivity contribution in [2.24, 2.45) is 11.8 Å². The molecule has 0 aliphatic heterocycles. The Labute approximate surface area is 66.0 Å². The topological polar surface area (TPSA) is 0 Å². The predicted molar refractivity (Wildman–Crippen MR) is 48.1 cm³/mol. The van der Waals surface area contributed by atoms with Gasteiger partial charge in [0, 0.05) is 0 Å². The zero-order valence-electron chi connectivity index (χ0n) is 7.98. The van der Waals surface area contributed by atoms with Crippen LogP contribution in [-0.2, 0) is 0 Å². The number of hydrogen-bond acceptors (Lipinski definition) is 0. The quantitative estimate of drug-likeness (QED) is 0.561. The molecule has 0 heterocycles. The van der Waals surface area contributed by atoms with E-state index < -0.39 is 0 Å². The molecule has 1 unspecified atom stereocenters. The third-order valence-electron chi connectivity index (χ3n) is 2.13. The lowest BCUT2D eigenvalue weighted by atomic mass is 10.0. The summed E-state index contributed by atoms with van der Waals surface area (Å²) in [5, 5.41) is 0. The molecule has 0 aromatic heterocycles. The van der Waals surface area contributed by atoms with Gasteiger partial charge >= 0.3 is 0 Å². The summed E-state index contributed by atoms with van der Waals surface area (Å²) >= 11 is 0. The third kappa shape index (κ3) is 4.84. The largest absolute Gasteiger partial charge is 0.0683 e. The Balaban J connectivity index is 0.000000371. The van der Waals surface area contributed by atoms with Crippen LogP contribution in [0.15, 0.2) is 0 Å². The van der Waals surface area contributed by atoms with Crippen molar-refractivity contribution in [2.45, 2.75) is 53.4 Å². The first-order chi connectivity index (χ1) is 4.83. The molecule has 1 saturated carbocycles. The summed E-state index contributed by atoms with van der Waals surface area (Å²) in [6, 6.07) is 0. The van der Waals surface area contributed by atoms with Crippen molar-refractivity contribution in [3.63, 3.8) is 0 Å². The SMILES string of the molecule is CC.CCC(C)CC1CC1. The van der Waals surface area contributed by atoms with E-state index in [2.05, 4.69) is 13.8 Å². The highest BCUT2D eigenvalue weighted by molar-refractivity contribution is 4.74. The van der Waals surface area contributed by atoms with Crippen molar-refractivity contribution in [1.82, 2.24) is 0 Å². The zero-order valence-corrected chi connectivity index (χ0v) is 7.98. The fourth-order valence-electron chi connectivity index (χ4n) is 1.09. The standard InChI is InChI=1S/C8H16.C2H6/c1-3-7(2)6-8-4-5-8;1-2/h7-8H,3-6H2,1-2H3;1-2H3. The van der Waals surface area contributed by atoms with E-state index >= 15 is 0 Å². The van der Waals surface area contributed by atoms with Crippen molar-refractivity contribution < 1.29 is 0 Å². The molecule has 0 radical (unpaired) electrons. The summed E-state index contributed by atoms with van der Waals surface area (Å²) in [7, 11) is 0. The second kappa shape index (κ2) is 5.76. The molecule has 1 rings (SSSR count). The fourth-order valence-corrected chi connectivity index (χ4v) is 1.09. The van der Waals surface area contributed by atoms with Gasteiger partial charge in [0.05, 0.1) is 0 Å². The van der Waals surface area contributed by atoms with Gasteiger partial charge in [0.25, 0.3) is 0 Å². The molecule has 1 aliphatic carbocycles. The van der Waals surface area contributed by atoms with E-state index in [0.717, 1.165) is 11.8 Å². The van der Waals surface area contributed by atoms with Crippen molar-refractivity contribution in [2.75, 3.05) is 0 Å². The van der Waals surface area contributed by atoms with Gasteiger partial charge in [0.2, 0.25) is 0 Å². The summed E-state index contributed by atoms with van der Waals surface area (Å²) in [6.07, 6.45) is 5.90. The lowest BCUT2D eigenvalue weighted by Crippen LogP contribution is -1.91. The molecule has 10 heavy (non-hydrogen) atoms. The Hall–Kier alpha value is 0. The van der Waals surface area contributed by atoms with Crippen molar-refractivity contribution in [3.8, 4) is 0 Å². The molecule has 0 N–H and O–H groups in total. The van der Waals surface area contributed by atoms with Gasteiger partial charge in [-0.15, -0.1) is 0 Å². The van der Waals surface area contributed by atoms with Gasteiger partial charge < -0.3 is 0 Å². The van der Waals surface area contributed by atoms with E-state index in [9.17, 15) is 0 Å². The van der Waals surface area contributed by atoms with Gasteiger partial charge in [0.15, 0.2) is 0 Å². The van der Waals surface area contributed by atoms with E-state index in [0.29, 0.717) is 0 Å². The van der Waals surface area contributed by atoms with Crippen LogP contribution >= 0.6 is 0 Å². The molecule has 0 saturated heterocycles. The minimum atomic E-state index is 0.988. The molecule has 0 aromatic rings. The molecule has 1 atom stereocenters. The van der Waals surface area contributed by atoms with Gasteiger partial charge in [0.1, 0.15) is 0 Å². The van der Waals surface area contributed by atoms with Crippen LogP contribution < -0.4 is 0 Å². The second-order valence-electron chi connectivity index (χ2n) is 3.19. The summed E-state index contributed by atoms with van der Waals surface area (Å²) in [6.45, 7) is 8.64. The Morgan fingerprint density at radius 2 is 1.80 bits per heavy atom. The number of rotatable bonds is 3. The van der Waals surface area contributed by atoms with E-state index in [1.165, 1.54) is 25.7 Å². The summed E-state index contributed by atoms with van der Waals surface area (Å²) < 4.78 is 0. The molecule has 1 fully saturated rings. The molecule has 0 bridgehead atoms. The van der Waals surface area contributed by atoms with Gasteiger partial charge in [-0.2, -0.15) is 0 Å². The van der Waals surface area contributed by atoms with Crippen molar-refractivity contribution in [1.29, 1.82) is 0 Å². The van der Waals surface area contributed by atoms with Crippen molar-refractivity contribution >= 4 is 0 Å². The van der Waals surface area contributed by atoms with Crippen LogP contribution in [-0.4, -0.2) is 0 Å². The average Bonchev–Trinajstić information content (AvgIpc) is 2.76. The summed E-state index contributed by atoms with van der Waals surface area (Å²) in [4.78, 5) is 0. The van der Waals surface area contributed by atoms with Gasteiger partial charge in [-0.3, -0.25) is 0 Å². The second-order valence-corrected chi connectivity index (χ2v) is 3.19. The molecule has 0 aromatic carbocycles. The molecule has 0 amide bonds. The molecule has 0 nitrogen and oxygen atoms in total. The normalized spacial score (nSPS) is 19.2. The maximum absolute atomic E-state index is 2.36. The fraction of sp³-hybridized carbons (Fsp3) is 1.00. The van der Waals surface area contributed by atoms with Crippen LogP contribution in [0.4, 0.5) is 0 Å². The van der Waals surface area contributed by atoms with Crippen LogP contribution in [0.25, 0.3) is 0 Å². The van der Waals surface area contributed by atoms with Crippen LogP contribution in [0.3, 0.4) is 0 Å². The minimum Gasteiger partial charge on any atom is -0.0683 e. The van der Waals surface area contributed by atoms with Crippen molar-refractivity contribution in [3.05, 3.63) is 0 Å². The summed E-state index contributed by atoms with van der Waals surface area (Å²) in [5.41, 5.74) is 0. The Morgan fingerprint density at radius 1 is 1.30 bits per heavy atom. The Kier molecular flexibility index (Phi) is 5.76. The van der Waals surface area contributed by atoms with E-state index in [1.54, 1.807) is 0 Å². The molecular weight excluding hydrogens is 120 g/mol. The molecule has 62 valence electrons. The first kappa shape index (κ1) is 10.0. The smallest absolute Gasteiger partial charge is 0.0412 e. The molecule has 0 spiro atoms. The predicted octanol–water partition coefficient (Wildman–Crippen LogP) is 3.86. The van der Waals surface area contributed by atoms with Crippen LogP contribution in [0.1, 0.15) is 53.4 Å². The van der Waals surface area contributed by atoms with Gasteiger partial charge in [-0.05, 0) is 18.3 Å². The highest BCUT2D eigenvalue weighted by Crippen LogP contribution is 2.35.